The van der Waals surface area contributed by atoms with Gasteiger partial charge in [0.1, 0.15) is 10.7 Å². The quantitative estimate of drug-likeness (QED) is 0.284. The fraction of sp³-hybridized carbons (Fsp3) is 0.435. The minimum absolute atomic E-state index is 0.0395. The first-order valence-electron chi connectivity index (χ1n) is 10.3. The number of allylic oxidation sites excluding steroid dienone is 2. The lowest BCUT2D eigenvalue weighted by Crippen LogP contribution is -2.21. The summed E-state index contributed by atoms with van der Waals surface area (Å²) in [6.45, 7) is 5.89. The highest BCUT2D eigenvalue weighted by Gasteiger charge is 2.34. The van der Waals surface area contributed by atoms with Crippen molar-refractivity contribution in [1.82, 2.24) is 4.98 Å². The molecule has 2 rings (SSSR count). The number of nitrogens with zero attached hydrogens (tertiary/aromatic N) is 3. The molecule has 0 saturated carbocycles. The topological polar surface area (TPSA) is 37.6 Å². The number of aliphatic imine (C=N–C) groups is 2. The lowest BCUT2D eigenvalue weighted by Gasteiger charge is -2.17. The Labute approximate surface area is 184 Å². The van der Waals surface area contributed by atoms with Gasteiger partial charge in [-0.1, -0.05) is 27.2 Å². The van der Waals surface area contributed by atoms with E-state index in [1.54, 1.807) is 18.2 Å². The van der Waals surface area contributed by atoms with Crippen LogP contribution in [0.5, 0.6) is 0 Å². The SMILES string of the molecule is CCCC(=Nc1ccc(/C(=C/C(=NC)C(F)(F)F)C(CC)CC)s1)c1ccncc1F. The van der Waals surface area contributed by atoms with Crippen molar-refractivity contribution < 1.29 is 17.6 Å². The van der Waals surface area contributed by atoms with Crippen LogP contribution in [0.15, 0.2) is 46.7 Å². The molecule has 0 unspecified atom stereocenters. The van der Waals surface area contributed by atoms with E-state index in [0.717, 1.165) is 25.7 Å². The van der Waals surface area contributed by atoms with Gasteiger partial charge < -0.3 is 0 Å². The molecular formula is C23H27F4N3S. The average Bonchev–Trinajstić information content (AvgIpc) is 3.18. The molecular weight excluding hydrogens is 426 g/mol. The second-order valence-electron chi connectivity index (χ2n) is 7.02. The van der Waals surface area contributed by atoms with Crippen LogP contribution in [0.2, 0.25) is 0 Å². The van der Waals surface area contributed by atoms with Gasteiger partial charge in [0.2, 0.25) is 0 Å². The zero-order chi connectivity index (χ0) is 23.0. The predicted octanol–water partition coefficient (Wildman–Crippen LogP) is 7.66. The average molecular weight is 454 g/mol. The van der Waals surface area contributed by atoms with Crippen molar-refractivity contribution in [2.75, 3.05) is 7.05 Å². The van der Waals surface area contributed by atoms with Crippen molar-refractivity contribution in [3.05, 3.63) is 52.9 Å². The number of alkyl halides is 3. The zero-order valence-corrected chi connectivity index (χ0v) is 18.9. The second kappa shape index (κ2) is 11.3. The minimum atomic E-state index is -4.52. The molecule has 0 aliphatic rings. The molecule has 0 aromatic carbocycles. The zero-order valence-electron chi connectivity index (χ0n) is 18.1. The van der Waals surface area contributed by atoms with Crippen LogP contribution < -0.4 is 0 Å². The van der Waals surface area contributed by atoms with Crippen LogP contribution in [-0.4, -0.2) is 29.6 Å². The molecule has 2 heterocycles. The summed E-state index contributed by atoms with van der Waals surface area (Å²) in [6.07, 6.45) is 2.05. The van der Waals surface area contributed by atoms with E-state index in [9.17, 15) is 17.6 Å². The fourth-order valence-corrected chi connectivity index (χ4v) is 4.31. The third-order valence-electron chi connectivity index (χ3n) is 4.94. The van der Waals surface area contributed by atoms with Crippen molar-refractivity contribution >= 4 is 33.3 Å². The molecule has 168 valence electrons. The molecule has 0 bridgehead atoms. The Bertz CT molecular complexity index is 954. The molecule has 0 aliphatic carbocycles. The van der Waals surface area contributed by atoms with Crippen molar-refractivity contribution in [3.63, 3.8) is 0 Å². The molecule has 8 heteroatoms. The van der Waals surface area contributed by atoms with Crippen molar-refractivity contribution in [3.8, 4) is 0 Å². The lowest BCUT2D eigenvalue weighted by atomic mass is 9.91. The largest absolute Gasteiger partial charge is 0.432 e. The van der Waals surface area contributed by atoms with Gasteiger partial charge in [-0.3, -0.25) is 9.98 Å². The first-order chi connectivity index (χ1) is 14.7. The van der Waals surface area contributed by atoms with Crippen LogP contribution in [0.25, 0.3) is 5.57 Å². The van der Waals surface area contributed by atoms with Gasteiger partial charge in [-0.25, -0.2) is 9.38 Å². The summed E-state index contributed by atoms with van der Waals surface area (Å²) >= 11 is 1.30. The number of thiophene rings is 1. The van der Waals surface area contributed by atoms with E-state index in [1.807, 2.05) is 20.8 Å². The van der Waals surface area contributed by atoms with Crippen molar-refractivity contribution in [2.45, 2.75) is 52.6 Å². The summed E-state index contributed by atoms with van der Waals surface area (Å²) in [5, 5.41) is 0.619. The maximum absolute atomic E-state index is 14.2. The smallest absolute Gasteiger partial charge is 0.284 e. The van der Waals surface area contributed by atoms with Gasteiger partial charge >= 0.3 is 6.18 Å². The predicted molar refractivity (Wildman–Crippen MR) is 121 cm³/mol. The summed E-state index contributed by atoms with van der Waals surface area (Å²) in [5.74, 6) is -0.486. The Morgan fingerprint density at radius 2 is 1.87 bits per heavy atom. The molecule has 0 aliphatic heterocycles. The van der Waals surface area contributed by atoms with Gasteiger partial charge in [-0.2, -0.15) is 13.2 Å². The van der Waals surface area contributed by atoms with E-state index < -0.39 is 17.7 Å². The Kier molecular flexibility index (Phi) is 9.10. The summed E-state index contributed by atoms with van der Waals surface area (Å²) in [7, 11) is 1.15. The van der Waals surface area contributed by atoms with E-state index in [4.69, 9.17) is 0 Å². The monoisotopic (exact) mass is 453 g/mol. The molecule has 0 N–H and O–H groups in total. The van der Waals surface area contributed by atoms with Crippen molar-refractivity contribution in [1.29, 1.82) is 0 Å². The maximum Gasteiger partial charge on any atom is 0.432 e. The van der Waals surface area contributed by atoms with Gasteiger partial charge in [-0.15, -0.1) is 11.3 Å². The number of rotatable bonds is 9. The molecule has 3 nitrogen and oxygen atoms in total. The molecule has 2 aromatic heterocycles. The van der Waals surface area contributed by atoms with Crippen LogP contribution in [0.1, 0.15) is 56.9 Å². The highest BCUT2D eigenvalue weighted by atomic mass is 32.1. The molecule has 2 aromatic rings. The summed E-state index contributed by atoms with van der Waals surface area (Å²) in [4.78, 5) is 12.6. The standard InChI is InChI=1S/C23H27F4N3S/c1-5-8-19(16-11-12-29-14-18(16)24)30-22-10-9-20(31-22)17(15(6-2)7-3)13-21(28-4)23(25,26)27/h9-15H,5-8H2,1-4H3/b17-13+,28-21?,30-19?. The summed E-state index contributed by atoms with van der Waals surface area (Å²) in [5.41, 5.74) is 0.676. The van der Waals surface area contributed by atoms with E-state index >= 15 is 0 Å². The highest BCUT2D eigenvalue weighted by molar-refractivity contribution is 7.16. The number of hydrogen-bond acceptors (Lipinski definition) is 4. The van der Waals surface area contributed by atoms with Gasteiger partial charge in [0, 0.05) is 23.7 Å². The molecule has 0 amide bonds. The van der Waals surface area contributed by atoms with Gasteiger partial charge in [0.15, 0.2) is 5.82 Å². The van der Waals surface area contributed by atoms with Crippen LogP contribution >= 0.6 is 11.3 Å². The Morgan fingerprint density at radius 1 is 1.16 bits per heavy atom. The molecule has 0 radical (unpaired) electrons. The molecule has 31 heavy (non-hydrogen) atoms. The number of hydrogen-bond donors (Lipinski definition) is 0. The van der Waals surface area contributed by atoms with E-state index in [2.05, 4.69) is 15.0 Å². The number of halogens is 4. The minimum Gasteiger partial charge on any atom is -0.284 e. The number of aromatic nitrogens is 1. The van der Waals surface area contributed by atoms with Gasteiger partial charge in [0.05, 0.1) is 11.9 Å². The fourth-order valence-electron chi connectivity index (χ4n) is 3.31. The third-order valence-corrected chi connectivity index (χ3v) is 5.97. The maximum atomic E-state index is 14.2. The normalized spacial score (nSPS) is 13.9. The van der Waals surface area contributed by atoms with E-state index in [0.29, 0.717) is 46.0 Å². The first-order valence-corrected chi connectivity index (χ1v) is 11.1. The van der Waals surface area contributed by atoms with Crippen LogP contribution in [0.3, 0.4) is 0 Å². The van der Waals surface area contributed by atoms with E-state index in [1.165, 1.54) is 17.5 Å². The first kappa shape index (κ1) is 24.9. The molecule has 0 atom stereocenters. The third kappa shape index (κ3) is 6.56. The molecule has 0 spiro atoms. The number of pyridine rings is 1. The van der Waals surface area contributed by atoms with Gasteiger partial charge in [-0.05, 0) is 55.0 Å². The highest BCUT2D eigenvalue weighted by Crippen LogP contribution is 2.38. The Balaban J connectivity index is 2.52. The second-order valence-corrected chi connectivity index (χ2v) is 8.08. The van der Waals surface area contributed by atoms with E-state index in [-0.39, 0.29) is 5.92 Å². The van der Waals surface area contributed by atoms with Gasteiger partial charge in [0.25, 0.3) is 0 Å². The lowest BCUT2D eigenvalue weighted by molar-refractivity contribution is -0.0577. The summed E-state index contributed by atoms with van der Waals surface area (Å²) < 4.78 is 54.2. The van der Waals surface area contributed by atoms with Crippen LogP contribution in [-0.2, 0) is 0 Å². The van der Waals surface area contributed by atoms with Crippen LogP contribution in [0.4, 0.5) is 22.6 Å². The van der Waals surface area contributed by atoms with Crippen molar-refractivity contribution in [2.24, 2.45) is 15.9 Å². The molecule has 0 fully saturated rings. The molecule has 0 saturated heterocycles. The Morgan fingerprint density at radius 3 is 2.42 bits per heavy atom. The van der Waals surface area contributed by atoms with Crippen LogP contribution in [0, 0.1) is 11.7 Å². The summed E-state index contributed by atoms with van der Waals surface area (Å²) in [6, 6.07) is 5.13. The Hall–Kier alpha value is -2.35.